The summed E-state index contributed by atoms with van der Waals surface area (Å²) in [6.07, 6.45) is 1.75. The van der Waals surface area contributed by atoms with Crippen LogP contribution in [0.15, 0.2) is 22.8 Å². The molecule has 1 aliphatic rings. The first-order chi connectivity index (χ1) is 5.95. The SMILES string of the molecule is c1coc(C[NH+]2CC[NH2+]CC2)c1. The van der Waals surface area contributed by atoms with Gasteiger partial charge in [-0.3, -0.25) is 0 Å². The van der Waals surface area contributed by atoms with Crippen molar-refractivity contribution in [2.45, 2.75) is 6.54 Å². The molecule has 1 fully saturated rings. The van der Waals surface area contributed by atoms with Crippen LogP contribution in [0.2, 0.25) is 0 Å². The molecule has 0 atom stereocenters. The van der Waals surface area contributed by atoms with E-state index in [0.29, 0.717) is 0 Å². The summed E-state index contributed by atoms with van der Waals surface area (Å²) in [5.74, 6) is 1.12. The standard InChI is InChI=1S/C9H14N2O/c1-2-9(12-7-1)8-11-5-3-10-4-6-11/h1-2,7,10H,3-6,8H2/p+2. The minimum Gasteiger partial charge on any atom is -0.463 e. The Bertz CT molecular complexity index is 214. The summed E-state index contributed by atoms with van der Waals surface area (Å²) in [5.41, 5.74) is 0. The Hall–Kier alpha value is -0.800. The van der Waals surface area contributed by atoms with Gasteiger partial charge in [-0.1, -0.05) is 0 Å². The zero-order valence-corrected chi connectivity index (χ0v) is 7.25. The fourth-order valence-corrected chi connectivity index (χ4v) is 1.72. The van der Waals surface area contributed by atoms with Crippen molar-refractivity contribution < 1.29 is 14.6 Å². The van der Waals surface area contributed by atoms with Gasteiger partial charge in [0.05, 0.1) is 6.26 Å². The van der Waals surface area contributed by atoms with Crippen LogP contribution >= 0.6 is 0 Å². The zero-order valence-electron chi connectivity index (χ0n) is 7.25. The van der Waals surface area contributed by atoms with Crippen LogP contribution in [0.3, 0.4) is 0 Å². The minimum atomic E-state index is 1.06. The minimum absolute atomic E-state index is 1.06. The molecule has 3 nitrogen and oxygen atoms in total. The molecule has 2 rings (SSSR count). The molecule has 12 heavy (non-hydrogen) atoms. The molecule has 0 amide bonds. The summed E-state index contributed by atoms with van der Waals surface area (Å²) in [4.78, 5) is 1.65. The van der Waals surface area contributed by atoms with Crippen molar-refractivity contribution in [3.63, 3.8) is 0 Å². The predicted molar refractivity (Wildman–Crippen MR) is 44.8 cm³/mol. The van der Waals surface area contributed by atoms with Gasteiger partial charge >= 0.3 is 0 Å². The van der Waals surface area contributed by atoms with Gasteiger partial charge in [0.1, 0.15) is 32.7 Å². The molecule has 0 radical (unpaired) electrons. The summed E-state index contributed by atoms with van der Waals surface area (Å²) in [7, 11) is 0. The van der Waals surface area contributed by atoms with Gasteiger partial charge in [0.2, 0.25) is 0 Å². The number of nitrogens with one attached hydrogen (secondary N) is 1. The molecule has 2 heterocycles. The third-order valence-electron chi connectivity index (χ3n) is 2.41. The second-order valence-corrected chi connectivity index (χ2v) is 3.37. The molecule has 1 aliphatic heterocycles. The van der Waals surface area contributed by atoms with E-state index in [2.05, 4.69) is 11.4 Å². The summed E-state index contributed by atoms with van der Waals surface area (Å²) in [5, 5.41) is 2.38. The Morgan fingerprint density at radius 3 is 2.92 bits per heavy atom. The second-order valence-electron chi connectivity index (χ2n) is 3.37. The number of hydrogen-bond donors (Lipinski definition) is 2. The van der Waals surface area contributed by atoms with Gasteiger partial charge in [-0.15, -0.1) is 0 Å². The van der Waals surface area contributed by atoms with Crippen molar-refractivity contribution in [2.75, 3.05) is 26.2 Å². The van der Waals surface area contributed by atoms with Gasteiger partial charge in [-0.05, 0) is 12.1 Å². The fraction of sp³-hybridized carbons (Fsp3) is 0.556. The highest BCUT2D eigenvalue weighted by Gasteiger charge is 2.16. The van der Waals surface area contributed by atoms with Crippen LogP contribution in [-0.2, 0) is 6.54 Å². The number of furan rings is 1. The maximum absolute atomic E-state index is 5.31. The molecule has 0 bridgehead atoms. The van der Waals surface area contributed by atoms with Crippen molar-refractivity contribution in [3.8, 4) is 0 Å². The highest BCUT2D eigenvalue weighted by atomic mass is 16.3. The van der Waals surface area contributed by atoms with Crippen LogP contribution in [0.25, 0.3) is 0 Å². The normalized spacial score (nSPS) is 19.7. The lowest BCUT2D eigenvalue weighted by Crippen LogP contribution is -3.19. The average Bonchev–Trinajstić information content (AvgIpc) is 2.59. The van der Waals surface area contributed by atoms with Crippen molar-refractivity contribution in [3.05, 3.63) is 24.2 Å². The average molecular weight is 168 g/mol. The van der Waals surface area contributed by atoms with Crippen LogP contribution in [0.5, 0.6) is 0 Å². The summed E-state index contributed by atoms with van der Waals surface area (Å²) in [6, 6.07) is 4.02. The van der Waals surface area contributed by atoms with Gasteiger partial charge in [0.25, 0.3) is 0 Å². The maximum atomic E-state index is 5.31. The number of nitrogens with two attached hydrogens (primary N) is 1. The Labute approximate surface area is 72.4 Å². The number of rotatable bonds is 2. The van der Waals surface area contributed by atoms with E-state index in [-0.39, 0.29) is 0 Å². The first-order valence-corrected chi connectivity index (χ1v) is 4.63. The zero-order chi connectivity index (χ0) is 8.23. The summed E-state index contributed by atoms with van der Waals surface area (Å²) < 4.78 is 5.31. The third kappa shape index (κ3) is 1.87. The van der Waals surface area contributed by atoms with Crippen molar-refractivity contribution in [1.82, 2.24) is 0 Å². The molecule has 0 spiro atoms. The van der Waals surface area contributed by atoms with E-state index in [4.69, 9.17) is 4.42 Å². The van der Waals surface area contributed by atoms with Gasteiger partial charge in [-0.25, -0.2) is 0 Å². The van der Waals surface area contributed by atoms with Gasteiger partial charge < -0.3 is 14.6 Å². The molecule has 1 saturated heterocycles. The smallest absolute Gasteiger partial charge is 0.157 e. The molecule has 1 aromatic rings. The first-order valence-electron chi connectivity index (χ1n) is 4.63. The van der Waals surface area contributed by atoms with E-state index in [1.807, 2.05) is 6.07 Å². The van der Waals surface area contributed by atoms with Gasteiger partial charge in [-0.2, -0.15) is 0 Å². The van der Waals surface area contributed by atoms with E-state index >= 15 is 0 Å². The van der Waals surface area contributed by atoms with Crippen LogP contribution < -0.4 is 10.2 Å². The molecule has 66 valence electrons. The van der Waals surface area contributed by atoms with Crippen LogP contribution in [0.4, 0.5) is 0 Å². The lowest BCUT2D eigenvalue weighted by Gasteiger charge is -2.20. The second kappa shape index (κ2) is 3.74. The highest BCUT2D eigenvalue weighted by molar-refractivity contribution is 4.95. The van der Waals surface area contributed by atoms with E-state index in [0.717, 1.165) is 12.3 Å². The van der Waals surface area contributed by atoms with E-state index in [1.54, 1.807) is 11.2 Å². The van der Waals surface area contributed by atoms with Crippen LogP contribution in [0, 0.1) is 0 Å². The fourth-order valence-electron chi connectivity index (χ4n) is 1.72. The van der Waals surface area contributed by atoms with E-state index < -0.39 is 0 Å². The van der Waals surface area contributed by atoms with E-state index in [9.17, 15) is 0 Å². The number of hydrogen-bond acceptors (Lipinski definition) is 1. The molecule has 3 N–H and O–H groups in total. The molecule has 0 saturated carbocycles. The molecule has 3 heteroatoms. The Morgan fingerprint density at radius 1 is 1.42 bits per heavy atom. The number of piperazine rings is 1. The van der Waals surface area contributed by atoms with Gasteiger partial charge in [0.15, 0.2) is 5.76 Å². The topological polar surface area (TPSA) is 34.2 Å². The Kier molecular flexibility index (Phi) is 2.44. The van der Waals surface area contributed by atoms with Crippen LogP contribution in [0.1, 0.15) is 5.76 Å². The largest absolute Gasteiger partial charge is 0.463 e. The van der Waals surface area contributed by atoms with Crippen molar-refractivity contribution in [2.24, 2.45) is 0 Å². The third-order valence-corrected chi connectivity index (χ3v) is 2.41. The van der Waals surface area contributed by atoms with Crippen LogP contribution in [-0.4, -0.2) is 26.2 Å². The number of quaternary nitrogens is 2. The highest BCUT2D eigenvalue weighted by Crippen LogP contribution is 1.96. The molecule has 0 unspecified atom stereocenters. The molecule has 0 aromatic carbocycles. The molecule has 1 aromatic heterocycles. The first kappa shape index (κ1) is 7.83. The quantitative estimate of drug-likeness (QED) is 0.539. The van der Waals surface area contributed by atoms with Crippen molar-refractivity contribution >= 4 is 0 Å². The summed E-state index contributed by atoms with van der Waals surface area (Å²) >= 11 is 0. The predicted octanol–water partition coefficient (Wildman–Crippen LogP) is -1.76. The Morgan fingerprint density at radius 2 is 2.25 bits per heavy atom. The molecule has 0 aliphatic carbocycles. The van der Waals surface area contributed by atoms with Gasteiger partial charge in [0, 0.05) is 0 Å². The monoisotopic (exact) mass is 168 g/mol. The molecular formula is C9H16N2O+2. The maximum Gasteiger partial charge on any atom is 0.157 e. The Balaban J connectivity index is 1.86. The lowest BCUT2D eigenvalue weighted by atomic mass is 10.3. The van der Waals surface area contributed by atoms with Crippen molar-refractivity contribution in [1.29, 1.82) is 0 Å². The summed E-state index contributed by atoms with van der Waals surface area (Å²) in [6.45, 7) is 6.11. The van der Waals surface area contributed by atoms with E-state index in [1.165, 1.54) is 26.2 Å². The molecular weight excluding hydrogens is 152 g/mol. The lowest BCUT2D eigenvalue weighted by molar-refractivity contribution is -0.958.